The number of aliphatic carboxylic acids is 1. The molecule has 0 radical (unpaired) electrons. The first-order valence-electron chi connectivity index (χ1n) is 8.58. The van der Waals surface area contributed by atoms with E-state index >= 15 is 0 Å². The fraction of sp³-hybridized carbons (Fsp3) is 0.579. The zero-order chi connectivity index (χ0) is 18.8. The van der Waals surface area contributed by atoms with Crippen molar-refractivity contribution in [3.63, 3.8) is 0 Å². The van der Waals surface area contributed by atoms with Crippen LogP contribution in [0.1, 0.15) is 52.0 Å². The van der Waals surface area contributed by atoms with Crippen LogP contribution in [0.15, 0.2) is 24.3 Å². The van der Waals surface area contributed by atoms with Gasteiger partial charge in [0.1, 0.15) is 11.9 Å². The van der Waals surface area contributed by atoms with Crippen molar-refractivity contribution < 1.29 is 24.5 Å². The largest absolute Gasteiger partial charge is 0.490 e. The Labute approximate surface area is 148 Å². The normalized spacial score (nSPS) is 22.3. The minimum Gasteiger partial charge on any atom is -0.490 e. The van der Waals surface area contributed by atoms with Crippen LogP contribution in [0.3, 0.4) is 0 Å². The molecule has 1 aromatic rings. The van der Waals surface area contributed by atoms with Gasteiger partial charge >= 0.3 is 12.1 Å². The van der Waals surface area contributed by atoms with Gasteiger partial charge in [0.15, 0.2) is 0 Å². The first kappa shape index (κ1) is 19.1. The highest BCUT2D eigenvalue weighted by Gasteiger charge is 2.39. The maximum absolute atomic E-state index is 11.5. The number of nitrogens with zero attached hydrogens (tertiary/aromatic N) is 1. The van der Waals surface area contributed by atoms with E-state index in [2.05, 4.69) is 0 Å². The van der Waals surface area contributed by atoms with Crippen LogP contribution in [0, 0.1) is 5.41 Å². The summed E-state index contributed by atoms with van der Waals surface area (Å²) in [5, 5.41) is 18.5. The van der Waals surface area contributed by atoms with Crippen LogP contribution in [0.25, 0.3) is 0 Å². The van der Waals surface area contributed by atoms with E-state index in [1.165, 1.54) is 4.90 Å². The Kier molecular flexibility index (Phi) is 5.60. The number of hydrogen-bond acceptors (Lipinski definition) is 3. The Morgan fingerprint density at radius 2 is 1.80 bits per heavy atom. The number of ether oxygens (including phenoxy) is 1. The van der Waals surface area contributed by atoms with Gasteiger partial charge in [-0.25, -0.2) is 4.79 Å². The molecule has 1 aliphatic heterocycles. The van der Waals surface area contributed by atoms with E-state index in [1.54, 1.807) is 31.2 Å². The van der Waals surface area contributed by atoms with Gasteiger partial charge < -0.3 is 19.8 Å². The molecule has 1 aliphatic rings. The Hall–Kier alpha value is -2.24. The average Bonchev–Trinajstić information content (AvgIpc) is 2.53. The van der Waals surface area contributed by atoms with Gasteiger partial charge in [-0.1, -0.05) is 32.9 Å². The van der Waals surface area contributed by atoms with Crippen LogP contribution < -0.4 is 4.74 Å². The summed E-state index contributed by atoms with van der Waals surface area (Å²) in [6, 6.07) is 6.99. The lowest BCUT2D eigenvalue weighted by Gasteiger charge is -2.44. The maximum Gasteiger partial charge on any atom is 0.407 e. The van der Waals surface area contributed by atoms with Crippen molar-refractivity contribution in [2.24, 2.45) is 5.41 Å². The molecule has 6 heteroatoms. The molecule has 25 heavy (non-hydrogen) atoms. The van der Waals surface area contributed by atoms with E-state index in [9.17, 15) is 14.7 Å². The minimum absolute atomic E-state index is 0.0532. The number of piperidine rings is 1. The third kappa shape index (κ3) is 4.65. The van der Waals surface area contributed by atoms with Crippen LogP contribution in [0.2, 0.25) is 0 Å². The lowest BCUT2D eigenvalue weighted by Crippen LogP contribution is -2.53. The Balaban J connectivity index is 2.06. The summed E-state index contributed by atoms with van der Waals surface area (Å²) < 4.78 is 6.04. The van der Waals surface area contributed by atoms with Crippen molar-refractivity contribution in [1.82, 2.24) is 4.90 Å². The molecule has 2 N–H and O–H groups in total. The van der Waals surface area contributed by atoms with E-state index in [-0.39, 0.29) is 17.6 Å². The lowest BCUT2D eigenvalue weighted by molar-refractivity contribution is -0.138. The molecule has 0 aromatic heterocycles. The SMILES string of the molecule is CC(C(=O)O)c1ccc(OC2CCN(C(=O)O)C(C(C)(C)C)C2)cc1. The highest BCUT2D eigenvalue weighted by Crippen LogP contribution is 2.33. The van der Waals surface area contributed by atoms with Crippen LogP contribution >= 0.6 is 0 Å². The topological polar surface area (TPSA) is 87.1 Å². The third-order valence-electron chi connectivity index (χ3n) is 4.85. The monoisotopic (exact) mass is 349 g/mol. The summed E-state index contributed by atoms with van der Waals surface area (Å²) >= 11 is 0. The van der Waals surface area contributed by atoms with Crippen molar-refractivity contribution in [3.05, 3.63) is 29.8 Å². The predicted molar refractivity (Wildman–Crippen MR) is 94.1 cm³/mol. The molecule has 3 atom stereocenters. The summed E-state index contributed by atoms with van der Waals surface area (Å²) in [5.74, 6) is -0.733. The number of amides is 1. The molecule has 1 saturated heterocycles. The van der Waals surface area contributed by atoms with Gasteiger partial charge in [0.05, 0.1) is 5.92 Å². The zero-order valence-electron chi connectivity index (χ0n) is 15.2. The highest BCUT2D eigenvalue weighted by atomic mass is 16.5. The fourth-order valence-electron chi connectivity index (χ4n) is 3.26. The summed E-state index contributed by atoms with van der Waals surface area (Å²) in [6.45, 7) is 8.22. The van der Waals surface area contributed by atoms with Crippen molar-refractivity contribution >= 4 is 12.1 Å². The molecule has 3 unspecified atom stereocenters. The molecule has 1 amide bonds. The summed E-state index contributed by atoms with van der Waals surface area (Å²) in [6.07, 6.45) is 0.350. The first-order chi connectivity index (χ1) is 11.6. The van der Waals surface area contributed by atoms with Crippen molar-refractivity contribution in [2.75, 3.05) is 6.54 Å². The summed E-state index contributed by atoms with van der Waals surface area (Å²) in [4.78, 5) is 24.0. The molecule has 0 spiro atoms. The van der Waals surface area contributed by atoms with Gasteiger partial charge in [-0.05, 0) is 30.0 Å². The molecule has 6 nitrogen and oxygen atoms in total. The second kappa shape index (κ2) is 7.33. The van der Waals surface area contributed by atoms with Gasteiger partial charge in [0.2, 0.25) is 0 Å². The number of hydrogen-bond donors (Lipinski definition) is 2. The van der Waals surface area contributed by atoms with E-state index in [1.807, 2.05) is 20.8 Å². The second-order valence-electron chi connectivity index (χ2n) is 7.75. The molecular weight excluding hydrogens is 322 g/mol. The standard InChI is InChI=1S/C19H27NO5/c1-12(17(21)22)13-5-7-14(8-6-13)25-15-9-10-20(18(23)24)16(11-15)19(2,3)4/h5-8,12,15-16H,9-11H2,1-4H3,(H,21,22)(H,23,24). The number of carboxylic acid groups (broad SMARTS) is 2. The fourth-order valence-corrected chi connectivity index (χ4v) is 3.26. The Morgan fingerprint density at radius 1 is 1.20 bits per heavy atom. The molecule has 1 fully saturated rings. The maximum atomic E-state index is 11.5. The highest BCUT2D eigenvalue weighted by molar-refractivity contribution is 5.75. The van der Waals surface area contributed by atoms with Crippen LogP contribution in [-0.4, -0.2) is 45.9 Å². The molecule has 0 saturated carbocycles. The van der Waals surface area contributed by atoms with Crippen molar-refractivity contribution in [2.45, 2.75) is 58.6 Å². The number of benzene rings is 1. The van der Waals surface area contributed by atoms with E-state index < -0.39 is 18.0 Å². The Bertz CT molecular complexity index is 620. The van der Waals surface area contributed by atoms with Gasteiger partial charge in [-0.15, -0.1) is 0 Å². The first-order valence-corrected chi connectivity index (χ1v) is 8.58. The second-order valence-corrected chi connectivity index (χ2v) is 7.75. The summed E-state index contributed by atoms with van der Waals surface area (Å²) in [5.41, 5.74) is 0.564. The van der Waals surface area contributed by atoms with Crippen LogP contribution in [0.4, 0.5) is 4.79 Å². The van der Waals surface area contributed by atoms with Crippen molar-refractivity contribution in [3.8, 4) is 5.75 Å². The average molecular weight is 349 g/mol. The Morgan fingerprint density at radius 3 is 2.28 bits per heavy atom. The number of carbonyl (C=O) groups is 2. The third-order valence-corrected chi connectivity index (χ3v) is 4.85. The van der Waals surface area contributed by atoms with Crippen LogP contribution in [-0.2, 0) is 4.79 Å². The molecule has 138 valence electrons. The van der Waals surface area contributed by atoms with Gasteiger partial charge in [0, 0.05) is 25.4 Å². The van der Waals surface area contributed by atoms with Gasteiger partial charge in [0.25, 0.3) is 0 Å². The van der Waals surface area contributed by atoms with E-state index in [0.717, 1.165) is 5.56 Å². The predicted octanol–water partition coefficient (Wildman–Crippen LogP) is 3.81. The molecule has 0 aliphatic carbocycles. The van der Waals surface area contributed by atoms with E-state index in [0.29, 0.717) is 25.1 Å². The zero-order valence-corrected chi connectivity index (χ0v) is 15.2. The minimum atomic E-state index is -0.884. The molecule has 2 rings (SSSR count). The van der Waals surface area contributed by atoms with Crippen LogP contribution in [0.5, 0.6) is 5.75 Å². The van der Waals surface area contributed by atoms with Crippen molar-refractivity contribution in [1.29, 1.82) is 0 Å². The molecule has 1 heterocycles. The number of likely N-dealkylation sites (tertiary alicyclic amines) is 1. The molecule has 1 aromatic carbocycles. The smallest absolute Gasteiger partial charge is 0.407 e. The van der Waals surface area contributed by atoms with E-state index in [4.69, 9.17) is 9.84 Å². The molecular formula is C19H27NO5. The molecule has 0 bridgehead atoms. The van der Waals surface area contributed by atoms with Gasteiger partial charge in [-0.3, -0.25) is 4.79 Å². The quantitative estimate of drug-likeness (QED) is 0.863. The lowest BCUT2D eigenvalue weighted by atomic mass is 9.80. The number of carboxylic acids is 1. The number of rotatable bonds is 4. The summed E-state index contributed by atoms with van der Waals surface area (Å²) in [7, 11) is 0. The van der Waals surface area contributed by atoms with Gasteiger partial charge in [-0.2, -0.15) is 0 Å².